The number of hydrogen-bond acceptors (Lipinski definition) is 5. The molecule has 0 atom stereocenters. The summed E-state index contributed by atoms with van der Waals surface area (Å²) in [6.45, 7) is 2.01. The van der Waals surface area contributed by atoms with Crippen LogP contribution in [0.25, 0.3) is 0 Å². The van der Waals surface area contributed by atoms with Gasteiger partial charge in [0.25, 0.3) is 0 Å². The quantitative estimate of drug-likeness (QED) is 0.538. The molecule has 0 radical (unpaired) electrons. The summed E-state index contributed by atoms with van der Waals surface area (Å²) in [5, 5.41) is 0. The minimum absolute atomic E-state index is 0.113. The molecular formula is C13H18N2O4S2. The zero-order valence-electron chi connectivity index (χ0n) is 11.7. The van der Waals surface area contributed by atoms with Crippen LogP contribution in [0.1, 0.15) is 24.5 Å². The van der Waals surface area contributed by atoms with Crippen LogP contribution in [0, 0.1) is 0 Å². The van der Waals surface area contributed by atoms with Gasteiger partial charge in [-0.25, -0.2) is 13.1 Å². The second-order valence-corrected chi connectivity index (χ2v) is 6.63. The van der Waals surface area contributed by atoms with Crippen molar-refractivity contribution in [2.24, 2.45) is 5.73 Å². The Kier molecular flexibility index (Phi) is 6.73. The number of benzene rings is 1. The first-order chi connectivity index (χ1) is 9.84. The smallest absolute Gasteiger partial charge is 0.306 e. The lowest BCUT2D eigenvalue weighted by Crippen LogP contribution is -2.27. The molecule has 0 heterocycles. The maximum absolute atomic E-state index is 11.8. The number of thiocarbonyl (C=S) groups is 1. The summed E-state index contributed by atoms with van der Waals surface area (Å²) >= 11 is 4.86. The van der Waals surface area contributed by atoms with Crippen LogP contribution in [0.2, 0.25) is 0 Å². The molecule has 0 saturated heterocycles. The highest BCUT2D eigenvalue weighted by molar-refractivity contribution is 7.89. The molecular weight excluding hydrogens is 312 g/mol. The molecule has 0 aliphatic rings. The monoisotopic (exact) mass is 330 g/mol. The fourth-order valence-electron chi connectivity index (χ4n) is 1.55. The third kappa shape index (κ3) is 6.65. The Hall–Kier alpha value is -1.51. The Balaban J connectivity index is 2.55. The standard InChI is InChI=1S/C13H18N2O4S2/c1-2-19-12(16)6-7-21(17,18)15-9-10-4-3-5-11(8-10)13(14)20/h3-5,8,15H,2,6-7,9H2,1H3,(H2,14,20). The van der Waals surface area contributed by atoms with E-state index >= 15 is 0 Å². The van der Waals surface area contributed by atoms with E-state index in [-0.39, 0.29) is 30.3 Å². The third-order valence-electron chi connectivity index (χ3n) is 2.59. The van der Waals surface area contributed by atoms with Gasteiger partial charge in [-0.3, -0.25) is 4.79 Å². The van der Waals surface area contributed by atoms with E-state index in [4.69, 9.17) is 18.0 Å². The Labute approximate surface area is 129 Å². The van der Waals surface area contributed by atoms with Gasteiger partial charge in [-0.05, 0) is 18.6 Å². The van der Waals surface area contributed by atoms with Crippen LogP contribution in [0.15, 0.2) is 24.3 Å². The summed E-state index contributed by atoms with van der Waals surface area (Å²) in [7, 11) is -3.54. The lowest BCUT2D eigenvalue weighted by Gasteiger charge is -2.08. The van der Waals surface area contributed by atoms with Crippen LogP contribution in [0.4, 0.5) is 0 Å². The van der Waals surface area contributed by atoms with Crippen molar-refractivity contribution in [3.8, 4) is 0 Å². The minimum atomic E-state index is -3.54. The summed E-state index contributed by atoms with van der Waals surface area (Å²) < 4.78 is 30.6. The Morgan fingerprint density at radius 1 is 1.43 bits per heavy atom. The number of carbonyl (C=O) groups excluding carboxylic acids is 1. The number of esters is 1. The summed E-state index contributed by atoms with van der Waals surface area (Å²) in [5.41, 5.74) is 6.93. The summed E-state index contributed by atoms with van der Waals surface area (Å²) in [6.07, 6.45) is -0.171. The topological polar surface area (TPSA) is 98.5 Å². The van der Waals surface area contributed by atoms with Crippen LogP contribution in [-0.4, -0.2) is 31.7 Å². The molecule has 0 fully saturated rings. The van der Waals surface area contributed by atoms with E-state index in [0.717, 1.165) is 5.56 Å². The number of ether oxygens (including phenoxy) is 1. The fourth-order valence-corrected chi connectivity index (χ4v) is 2.64. The van der Waals surface area contributed by atoms with Gasteiger partial charge in [-0.2, -0.15) is 0 Å². The Bertz CT molecular complexity index is 614. The van der Waals surface area contributed by atoms with Crippen LogP contribution in [0.5, 0.6) is 0 Å². The molecule has 0 unspecified atom stereocenters. The zero-order chi connectivity index (χ0) is 15.9. The first kappa shape index (κ1) is 17.5. The number of nitrogens with one attached hydrogen (secondary N) is 1. The number of carbonyl (C=O) groups is 1. The van der Waals surface area contributed by atoms with Gasteiger partial charge < -0.3 is 10.5 Å². The predicted molar refractivity (Wildman–Crippen MR) is 84.2 cm³/mol. The molecule has 21 heavy (non-hydrogen) atoms. The predicted octanol–water partition coefficient (Wildman–Crippen LogP) is 0.693. The zero-order valence-corrected chi connectivity index (χ0v) is 13.3. The summed E-state index contributed by atoms with van der Waals surface area (Å²) in [6, 6.07) is 6.98. The Morgan fingerprint density at radius 2 is 2.14 bits per heavy atom. The van der Waals surface area contributed by atoms with Crippen molar-refractivity contribution in [2.75, 3.05) is 12.4 Å². The first-order valence-corrected chi connectivity index (χ1v) is 8.42. The van der Waals surface area contributed by atoms with Crippen molar-refractivity contribution < 1.29 is 17.9 Å². The first-order valence-electron chi connectivity index (χ1n) is 6.35. The summed E-state index contributed by atoms with van der Waals surface area (Å²) in [4.78, 5) is 11.4. The number of rotatable bonds is 8. The average molecular weight is 330 g/mol. The Morgan fingerprint density at radius 3 is 2.76 bits per heavy atom. The molecule has 0 aliphatic carbocycles. The number of hydrogen-bond donors (Lipinski definition) is 2. The van der Waals surface area contributed by atoms with Gasteiger partial charge in [0.05, 0.1) is 18.8 Å². The average Bonchev–Trinajstić information content (AvgIpc) is 2.44. The third-order valence-corrected chi connectivity index (χ3v) is 4.15. The fraction of sp³-hybridized carbons (Fsp3) is 0.385. The van der Waals surface area contributed by atoms with Crippen LogP contribution in [0.3, 0.4) is 0 Å². The van der Waals surface area contributed by atoms with Crippen molar-refractivity contribution in [1.82, 2.24) is 4.72 Å². The van der Waals surface area contributed by atoms with E-state index in [1.54, 1.807) is 31.2 Å². The molecule has 3 N–H and O–H groups in total. The maximum Gasteiger partial charge on any atom is 0.306 e. The van der Waals surface area contributed by atoms with E-state index < -0.39 is 16.0 Å². The number of sulfonamides is 1. The van der Waals surface area contributed by atoms with Crippen molar-refractivity contribution in [2.45, 2.75) is 19.9 Å². The van der Waals surface area contributed by atoms with Gasteiger partial charge in [0.1, 0.15) is 4.99 Å². The van der Waals surface area contributed by atoms with Gasteiger partial charge in [-0.15, -0.1) is 0 Å². The van der Waals surface area contributed by atoms with E-state index in [2.05, 4.69) is 9.46 Å². The molecule has 1 rings (SSSR count). The van der Waals surface area contributed by atoms with Gasteiger partial charge in [-0.1, -0.05) is 30.4 Å². The second kappa shape index (κ2) is 8.06. The highest BCUT2D eigenvalue weighted by Crippen LogP contribution is 2.06. The molecule has 0 bridgehead atoms. The molecule has 1 aromatic rings. The van der Waals surface area contributed by atoms with Crippen molar-refractivity contribution >= 4 is 33.2 Å². The van der Waals surface area contributed by atoms with Crippen LogP contribution >= 0.6 is 12.2 Å². The molecule has 1 aromatic carbocycles. The van der Waals surface area contributed by atoms with Gasteiger partial charge in [0.2, 0.25) is 10.0 Å². The summed E-state index contributed by atoms with van der Waals surface area (Å²) in [5.74, 6) is -0.834. The largest absolute Gasteiger partial charge is 0.466 e. The second-order valence-electron chi connectivity index (χ2n) is 4.26. The molecule has 8 heteroatoms. The number of nitrogens with two attached hydrogens (primary N) is 1. The highest BCUT2D eigenvalue weighted by atomic mass is 32.2. The normalized spacial score (nSPS) is 11.1. The molecule has 0 amide bonds. The van der Waals surface area contributed by atoms with Gasteiger partial charge in [0.15, 0.2) is 0 Å². The highest BCUT2D eigenvalue weighted by Gasteiger charge is 2.13. The van der Waals surface area contributed by atoms with Crippen LogP contribution in [-0.2, 0) is 26.1 Å². The van der Waals surface area contributed by atoms with E-state index in [1.807, 2.05) is 0 Å². The van der Waals surface area contributed by atoms with E-state index in [1.165, 1.54) is 0 Å². The van der Waals surface area contributed by atoms with Crippen molar-refractivity contribution in [3.05, 3.63) is 35.4 Å². The molecule has 0 aliphatic heterocycles. The van der Waals surface area contributed by atoms with Gasteiger partial charge in [0, 0.05) is 12.1 Å². The SMILES string of the molecule is CCOC(=O)CCS(=O)(=O)NCc1cccc(C(N)=S)c1. The molecule has 0 aromatic heterocycles. The van der Waals surface area contributed by atoms with Crippen LogP contribution < -0.4 is 10.5 Å². The van der Waals surface area contributed by atoms with E-state index in [0.29, 0.717) is 5.56 Å². The molecule has 6 nitrogen and oxygen atoms in total. The maximum atomic E-state index is 11.8. The molecule has 0 saturated carbocycles. The molecule has 116 valence electrons. The van der Waals surface area contributed by atoms with Gasteiger partial charge >= 0.3 is 5.97 Å². The molecule has 0 spiro atoms. The lowest BCUT2D eigenvalue weighted by atomic mass is 10.1. The lowest BCUT2D eigenvalue weighted by molar-refractivity contribution is -0.142. The van der Waals surface area contributed by atoms with Crippen molar-refractivity contribution in [3.63, 3.8) is 0 Å². The minimum Gasteiger partial charge on any atom is -0.466 e. The van der Waals surface area contributed by atoms with E-state index in [9.17, 15) is 13.2 Å². The van der Waals surface area contributed by atoms with Crippen molar-refractivity contribution in [1.29, 1.82) is 0 Å².